The molecule has 0 bridgehead atoms. The van der Waals surface area contributed by atoms with Gasteiger partial charge in [-0.05, 0) is 5.41 Å². The molecule has 0 unspecified atom stereocenters. The Bertz CT molecular complexity index is 171. The third-order valence-corrected chi connectivity index (χ3v) is 3.74. The van der Waals surface area contributed by atoms with Crippen LogP contribution in [0.1, 0.15) is 20.8 Å². The van der Waals surface area contributed by atoms with E-state index in [1.807, 2.05) is 20.8 Å². The summed E-state index contributed by atoms with van der Waals surface area (Å²) in [5, 5.41) is 0. The molecule has 0 atom stereocenters. The maximum absolute atomic E-state index is 11.2. The Morgan fingerprint density at radius 1 is 1.25 bits per heavy atom. The summed E-state index contributed by atoms with van der Waals surface area (Å²) in [6, 6.07) is 0. The van der Waals surface area contributed by atoms with Gasteiger partial charge in [-0.15, -0.1) is 0 Å². The molecule has 0 N–H and O–H groups in total. The Kier molecular flexibility index (Phi) is 5.53. The molecule has 4 nitrogen and oxygen atoms in total. The third-order valence-electron chi connectivity index (χ3n) is 0.825. The van der Waals surface area contributed by atoms with Crippen molar-refractivity contribution in [1.82, 2.24) is 0 Å². The lowest BCUT2D eigenvalue weighted by molar-refractivity contribution is 0.159. The monoisotopic (exact) mass is 324 g/mol. The molecule has 0 saturated heterocycles. The first kappa shape index (κ1) is 13.1. The van der Waals surface area contributed by atoms with Crippen molar-refractivity contribution < 1.29 is 16.3 Å². The lowest BCUT2D eigenvalue weighted by Crippen LogP contribution is -2.13. The highest BCUT2D eigenvalue weighted by Crippen LogP contribution is 2.53. The van der Waals surface area contributed by atoms with E-state index in [4.69, 9.17) is 4.52 Å². The van der Waals surface area contributed by atoms with Crippen LogP contribution in [-0.4, -0.2) is 6.61 Å². The molecule has 74 valence electrons. The van der Waals surface area contributed by atoms with E-state index in [2.05, 4.69) is 39.7 Å². The summed E-state index contributed by atoms with van der Waals surface area (Å²) in [5.74, 6) is 0. The van der Waals surface area contributed by atoms with E-state index in [9.17, 15) is 4.57 Å². The minimum Gasteiger partial charge on any atom is -0.285 e. The zero-order valence-electron chi connectivity index (χ0n) is 7.04. The maximum atomic E-state index is 11.2. The van der Waals surface area contributed by atoms with Crippen LogP contribution in [0.3, 0.4) is 0 Å². The first-order valence-electron chi connectivity index (χ1n) is 3.18. The summed E-state index contributed by atoms with van der Waals surface area (Å²) in [7, 11) is -3.44. The summed E-state index contributed by atoms with van der Waals surface area (Å²) >= 11 is 5.11. The van der Waals surface area contributed by atoms with Crippen LogP contribution >= 0.6 is 40.3 Å². The van der Waals surface area contributed by atoms with Crippen molar-refractivity contribution in [3.63, 3.8) is 0 Å². The van der Waals surface area contributed by atoms with Crippen molar-refractivity contribution >= 4 is 40.3 Å². The molecule has 0 fully saturated rings. The maximum Gasteiger partial charge on any atom is 0.497 e. The van der Waals surface area contributed by atoms with Crippen LogP contribution in [0.25, 0.3) is 0 Å². The number of hydrogen-bond acceptors (Lipinski definition) is 4. The van der Waals surface area contributed by atoms with Crippen molar-refractivity contribution in [2.45, 2.75) is 20.8 Å². The third kappa shape index (κ3) is 5.67. The van der Waals surface area contributed by atoms with Gasteiger partial charge in [0.15, 0.2) is 0 Å². The standard InChI is InChI=1S/C5H11Br2O4P/c1-5(2,3)4-9-12(8,10-6)11-7/h4H2,1-3H3. The second-order valence-corrected chi connectivity index (χ2v) is 6.59. The second kappa shape index (κ2) is 5.08. The molecule has 12 heavy (non-hydrogen) atoms. The van der Waals surface area contributed by atoms with Gasteiger partial charge in [0.2, 0.25) is 0 Å². The van der Waals surface area contributed by atoms with E-state index in [1.54, 1.807) is 0 Å². The van der Waals surface area contributed by atoms with E-state index in [-0.39, 0.29) is 12.0 Å². The normalized spacial score (nSPS) is 13.4. The molecule has 0 aliphatic heterocycles. The molecule has 0 spiro atoms. The number of halogens is 2. The lowest BCUT2D eigenvalue weighted by Gasteiger charge is -2.19. The first-order chi connectivity index (χ1) is 5.33. The van der Waals surface area contributed by atoms with Crippen LogP contribution in [-0.2, 0) is 16.3 Å². The smallest absolute Gasteiger partial charge is 0.285 e. The zero-order chi connectivity index (χ0) is 9.83. The molecule has 0 heterocycles. The van der Waals surface area contributed by atoms with Gasteiger partial charge < -0.3 is 0 Å². The van der Waals surface area contributed by atoms with E-state index in [0.717, 1.165) is 0 Å². The molecule has 0 aliphatic rings. The average molecular weight is 326 g/mol. The fourth-order valence-corrected chi connectivity index (χ4v) is 2.30. The van der Waals surface area contributed by atoms with Gasteiger partial charge in [-0.2, -0.15) is 0 Å². The van der Waals surface area contributed by atoms with Gasteiger partial charge in [0.25, 0.3) is 0 Å². The van der Waals surface area contributed by atoms with Gasteiger partial charge in [-0.3, -0.25) is 4.52 Å². The molecule has 7 heteroatoms. The summed E-state index contributed by atoms with van der Waals surface area (Å²) < 4.78 is 24.9. The summed E-state index contributed by atoms with van der Waals surface area (Å²) in [6.07, 6.45) is 0. The zero-order valence-corrected chi connectivity index (χ0v) is 11.1. The highest BCUT2D eigenvalue weighted by Gasteiger charge is 2.28. The Balaban J connectivity index is 3.99. The van der Waals surface area contributed by atoms with Crippen LogP contribution < -0.4 is 0 Å². The van der Waals surface area contributed by atoms with Gasteiger partial charge in [-0.25, -0.2) is 11.8 Å². The van der Waals surface area contributed by atoms with Crippen LogP contribution in [0.5, 0.6) is 0 Å². The minimum atomic E-state index is -3.44. The van der Waals surface area contributed by atoms with E-state index >= 15 is 0 Å². The van der Waals surface area contributed by atoms with Crippen molar-refractivity contribution in [3.05, 3.63) is 0 Å². The summed E-state index contributed by atoms with van der Waals surface area (Å²) in [6.45, 7) is 6.11. The molecule has 0 aliphatic carbocycles. The lowest BCUT2D eigenvalue weighted by atomic mass is 9.99. The average Bonchev–Trinajstić information content (AvgIpc) is 1.99. The Morgan fingerprint density at radius 2 is 1.67 bits per heavy atom. The largest absolute Gasteiger partial charge is 0.497 e. The van der Waals surface area contributed by atoms with Crippen molar-refractivity contribution in [2.75, 3.05) is 6.61 Å². The molecule has 0 radical (unpaired) electrons. The Hall–Kier alpha value is 1.07. The van der Waals surface area contributed by atoms with Crippen molar-refractivity contribution in [1.29, 1.82) is 0 Å². The molecule has 0 saturated carbocycles. The molecule has 0 aromatic carbocycles. The summed E-state index contributed by atoms with van der Waals surface area (Å²) in [5.41, 5.74) is -0.0906. The highest BCUT2D eigenvalue weighted by atomic mass is 79.9. The molecule has 0 amide bonds. The quantitative estimate of drug-likeness (QED) is 0.737. The molecular weight excluding hydrogens is 315 g/mol. The minimum absolute atomic E-state index is 0.0906. The SMILES string of the molecule is CC(C)(C)COP(=O)(OBr)OBr. The van der Waals surface area contributed by atoms with Gasteiger partial charge in [-0.1, -0.05) is 20.8 Å². The Morgan fingerprint density at radius 3 is 1.92 bits per heavy atom. The fraction of sp³-hybridized carbons (Fsp3) is 1.00. The number of hydrogen-bond donors (Lipinski definition) is 0. The van der Waals surface area contributed by atoms with Gasteiger partial charge >= 0.3 is 7.82 Å². The predicted octanol–water partition coefficient (Wildman–Crippen LogP) is 3.81. The van der Waals surface area contributed by atoms with Crippen LogP contribution in [0.4, 0.5) is 0 Å². The number of rotatable bonds is 4. The highest BCUT2D eigenvalue weighted by molar-refractivity contribution is 9.07. The fourth-order valence-electron chi connectivity index (χ4n) is 0.323. The topological polar surface area (TPSA) is 44.8 Å². The van der Waals surface area contributed by atoms with Gasteiger partial charge in [0.05, 0.1) is 6.61 Å². The van der Waals surface area contributed by atoms with E-state index < -0.39 is 7.82 Å². The van der Waals surface area contributed by atoms with E-state index in [0.29, 0.717) is 0 Å². The molecule has 0 aromatic rings. The Labute approximate surface area is 89.5 Å². The van der Waals surface area contributed by atoms with Gasteiger partial charge in [0.1, 0.15) is 32.5 Å². The van der Waals surface area contributed by atoms with Crippen molar-refractivity contribution in [2.24, 2.45) is 5.41 Å². The second-order valence-electron chi connectivity index (χ2n) is 3.42. The number of phosphoric acid groups is 1. The van der Waals surface area contributed by atoms with Crippen LogP contribution in [0.15, 0.2) is 0 Å². The first-order valence-corrected chi connectivity index (χ1v) is 5.94. The molecular formula is C5H11Br2O4P. The molecule has 0 rings (SSSR count). The molecule has 0 aromatic heterocycles. The predicted molar refractivity (Wildman–Crippen MR) is 53.0 cm³/mol. The van der Waals surface area contributed by atoms with Crippen molar-refractivity contribution in [3.8, 4) is 0 Å². The van der Waals surface area contributed by atoms with Gasteiger partial charge in [0, 0.05) is 0 Å². The summed E-state index contributed by atoms with van der Waals surface area (Å²) in [4.78, 5) is 0. The van der Waals surface area contributed by atoms with Crippen LogP contribution in [0, 0.1) is 5.41 Å². The van der Waals surface area contributed by atoms with Crippen LogP contribution in [0.2, 0.25) is 0 Å². The van der Waals surface area contributed by atoms with E-state index in [1.165, 1.54) is 0 Å².